The Bertz CT molecular complexity index is 1050. The van der Waals surface area contributed by atoms with Crippen molar-refractivity contribution in [3.63, 3.8) is 0 Å². The van der Waals surface area contributed by atoms with E-state index in [-0.39, 0.29) is 18.7 Å². The minimum atomic E-state index is -0.0496. The fourth-order valence-corrected chi connectivity index (χ4v) is 4.83. The van der Waals surface area contributed by atoms with Gasteiger partial charge in [0.1, 0.15) is 0 Å². The number of allylic oxidation sites excluding steroid dienone is 2. The van der Waals surface area contributed by atoms with Crippen LogP contribution in [-0.2, 0) is 13.2 Å². The largest absolute Gasteiger partial charge is 0.392 e. The molecule has 0 bridgehead atoms. The quantitative estimate of drug-likeness (QED) is 0.764. The minimum absolute atomic E-state index is 0.0496. The van der Waals surface area contributed by atoms with Crippen LogP contribution < -0.4 is 5.32 Å². The second kappa shape index (κ2) is 9.47. The van der Waals surface area contributed by atoms with E-state index in [0.29, 0.717) is 12.1 Å². The Labute approximate surface area is 184 Å². The summed E-state index contributed by atoms with van der Waals surface area (Å²) in [6.07, 6.45) is 9.62. The van der Waals surface area contributed by atoms with Gasteiger partial charge >= 0.3 is 0 Å². The molecule has 0 aliphatic carbocycles. The lowest BCUT2D eigenvalue weighted by atomic mass is 9.90. The smallest absolute Gasteiger partial charge is 0.0995 e. The van der Waals surface area contributed by atoms with Crippen molar-refractivity contribution < 1.29 is 5.11 Å². The Morgan fingerprint density at radius 1 is 1.23 bits per heavy atom. The Morgan fingerprint density at radius 3 is 2.84 bits per heavy atom. The van der Waals surface area contributed by atoms with Crippen molar-refractivity contribution in [2.24, 2.45) is 0 Å². The number of nitriles is 1. The molecule has 2 aliphatic rings. The summed E-state index contributed by atoms with van der Waals surface area (Å²) in [5.74, 6) is 0. The molecule has 1 saturated heterocycles. The molecule has 0 amide bonds. The third-order valence-corrected chi connectivity index (χ3v) is 6.37. The normalized spacial score (nSPS) is 21.3. The Kier molecular flexibility index (Phi) is 6.50. The van der Waals surface area contributed by atoms with Crippen LogP contribution in [0.1, 0.15) is 60.2 Å². The number of aliphatic hydroxyl groups is 1. The van der Waals surface area contributed by atoms with Gasteiger partial charge in [0.05, 0.1) is 30.0 Å². The minimum Gasteiger partial charge on any atom is -0.392 e. The first-order valence-corrected chi connectivity index (χ1v) is 11.0. The highest BCUT2D eigenvalue weighted by atomic mass is 16.3. The van der Waals surface area contributed by atoms with E-state index >= 15 is 0 Å². The van der Waals surface area contributed by atoms with Crippen LogP contribution in [0.15, 0.2) is 60.0 Å². The number of aliphatic hydroxyl groups excluding tert-OH is 1. The summed E-state index contributed by atoms with van der Waals surface area (Å²) in [6, 6.07) is 12.6. The first kappa shape index (κ1) is 21.3. The van der Waals surface area contributed by atoms with Gasteiger partial charge in [-0.1, -0.05) is 30.4 Å². The van der Waals surface area contributed by atoms with E-state index in [1.54, 1.807) is 6.07 Å². The van der Waals surface area contributed by atoms with E-state index in [4.69, 9.17) is 0 Å². The molecule has 2 N–H and O–H groups in total. The molecule has 0 saturated carbocycles. The molecule has 1 fully saturated rings. The van der Waals surface area contributed by atoms with Gasteiger partial charge in [-0.3, -0.25) is 4.98 Å². The Balaban J connectivity index is 1.59. The van der Waals surface area contributed by atoms with E-state index in [1.807, 2.05) is 24.4 Å². The highest BCUT2D eigenvalue weighted by Gasteiger charge is 2.30. The van der Waals surface area contributed by atoms with Gasteiger partial charge in [-0.15, -0.1) is 0 Å². The maximum atomic E-state index is 9.63. The van der Waals surface area contributed by atoms with Crippen molar-refractivity contribution in [2.75, 3.05) is 6.54 Å². The number of aromatic nitrogens is 1. The maximum absolute atomic E-state index is 9.63. The summed E-state index contributed by atoms with van der Waals surface area (Å²) < 4.78 is 0. The van der Waals surface area contributed by atoms with Crippen LogP contribution in [0.25, 0.3) is 0 Å². The molecule has 3 heterocycles. The number of aryl methyl sites for hydroxylation is 1. The number of nitrogens with one attached hydrogen (secondary N) is 1. The van der Waals surface area contributed by atoms with Crippen LogP contribution in [0, 0.1) is 18.3 Å². The fourth-order valence-electron chi connectivity index (χ4n) is 4.83. The van der Waals surface area contributed by atoms with Gasteiger partial charge < -0.3 is 15.3 Å². The molecule has 4 rings (SSSR count). The average Bonchev–Trinajstić information content (AvgIpc) is 2.80. The number of nitrogens with zero attached hydrogens (tertiary/aromatic N) is 3. The average molecular weight is 415 g/mol. The molecule has 2 aromatic rings. The summed E-state index contributed by atoms with van der Waals surface area (Å²) in [5, 5.41) is 22.9. The van der Waals surface area contributed by atoms with Crippen molar-refractivity contribution in [1.82, 2.24) is 15.2 Å². The highest BCUT2D eigenvalue weighted by molar-refractivity contribution is 5.42. The van der Waals surface area contributed by atoms with Gasteiger partial charge in [0, 0.05) is 31.0 Å². The van der Waals surface area contributed by atoms with Gasteiger partial charge in [0.25, 0.3) is 0 Å². The highest BCUT2D eigenvalue weighted by Crippen LogP contribution is 2.33. The Morgan fingerprint density at radius 2 is 2.06 bits per heavy atom. The molecule has 5 nitrogen and oxygen atoms in total. The van der Waals surface area contributed by atoms with E-state index in [2.05, 4.69) is 53.3 Å². The predicted octanol–water partition coefficient (Wildman–Crippen LogP) is 4.28. The first-order valence-electron chi connectivity index (χ1n) is 11.0. The van der Waals surface area contributed by atoms with Crippen LogP contribution in [-0.4, -0.2) is 27.6 Å². The van der Waals surface area contributed by atoms with Crippen molar-refractivity contribution in [2.45, 2.75) is 58.3 Å². The van der Waals surface area contributed by atoms with Gasteiger partial charge in [0.15, 0.2) is 0 Å². The zero-order valence-corrected chi connectivity index (χ0v) is 18.3. The topological polar surface area (TPSA) is 72.2 Å². The van der Waals surface area contributed by atoms with Crippen LogP contribution >= 0.6 is 0 Å². The molecule has 31 heavy (non-hydrogen) atoms. The summed E-state index contributed by atoms with van der Waals surface area (Å²) in [6.45, 7) is 5.76. The number of hydrogen-bond acceptors (Lipinski definition) is 5. The Hall–Kier alpha value is -2.94. The fraction of sp³-hybridized carbons (Fsp3) is 0.385. The van der Waals surface area contributed by atoms with Crippen LogP contribution in [0.2, 0.25) is 0 Å². The van der Waals surface area contributed by atoms with Crippen LogP contribution in [0.4, 0.5) is 0 Å². The first-order chi connectivity index (χ1) is 15.1. The molecular formula is C26H30N4O. The molecule has 1 aromatic carbocycles. The van der Waals surface area contributed by atoms with Crippen LogP contribution in [0.3, 0.4) is 0 Å². The molecule has 5 heteroatoms. The number of piperidine rings is 1. The summed E-state index contributed by atoms with van der Waals surface area (Å²) in [5.41, 5.74) is 7.37. The zero-order valence-electron chi connectivity index (χ0n) is 18.3. The van der Waals surface area contributed by atoms with Crippen LogP contribution in [0.5, 0.6) is 0 Å². The molecule has 160 valence electrons. The summed E-state index contributed by atoms with van der Waals surface area (Å²) >= 11 is 0. The lowest BCUT2D eigenvalue weighted by molar-refractivity contribution is 0.266. The SMILES string of the molecule is CC1=C([C@H]2CCC[C@@H](c3ncccc3C)N2)N(Cc2ccc(CO)cc2C#N)CC=C1. The lowest BCUT2D eigenvalue weighted by Gasteiger charge is -2.40. The molecular weight excluding hydrogens is 384 g/mol. The van der Waals surface area contributed by atoms with Crippen molar-refractivity contribution in [3.05, 3.63) is 87.9 Å². The molecule has 0 unspecified atom stereocenters. The van der Waals surface area contributed by atoms with E-state index < -0.39 is 0 Å². The lowest BCUT2D eigenvalue weighted by Crippen LogP contribution is -2.45. The van der Waals surface area contributed by atoms with Crippen molar-refractivity contribution >= 4 is 0 Å². The third-order valence-electron chi connectivity index (χ3n) is 6.37. The monoisotopic (exact) mass is 414 g/mol. The second-order valence-electron chi connectivity index (χ2n) is 8.52. The van der Waals surface area contributed by atoms with E-state index in [0.717, 1.165) is 42.6 Å². The number of rotatable bonds is 5. The standard InChI is InChI=1S/C26H30N4O/c1-18-6-4-12-28-25(18)23-8-3-9-24(29-23)26-19(2)7-5-13-30(26)16-21-11-10-20(17-31)14-22(21)15-27/h4-7,10-12,14,23-24,29,31H,3,8-9,13,16-17H2,1-2H3/t23-,24+/m0/s1. The second-order valence-corrected chi connectivity index (χ2v) is 8.52. The zero-order chi connectivity index (χ0) is 21.8. The predicted molar refractivity (Wildman–Crippen MR) is 122 cm³/mol. The van der Waals surface area contributed by atoms with Gasteiger partial charge in [0.2, 0.25) is 0 Å². The summed E-state index contributed by atoms with van der Waals surface area (Å²) in [7, 11) is 0. The van der Waals surface area contributed by atoms with E-state index in [1.165, 1.54) is 16.8 Å². The van der Waals surface area contributed by atoms with Gasteiger partial charge in [-0.05, 0) is 67.5 Å². The number of pyridine rings is 1. The molecule has 2 atom stereocenters. The molecule has 1 aromatic heterocycles. The van der Waals surface area contributed by atoms with E-state index in [9.17, 15) is 10.4 Å². The van der Waals surface area contributed by atoms with Crippen molar-refractivity contribution in [1.29, 1.82) is 5.26 Å². The molecule has 0 radical (unpaired) electrons. The third kappa shape index (κ3) is 4.56. The number of hydrogen-bond donors (Lipinski definition) is 2. The van der Waals surface area contributed by atoms with Gasteiger partial charge in [-0.25, -0.2) is 0 Å². The summed E-state index contributed by atoms with van der Waals surface area (Å²) in [4.78, 5) is 7.05. The maximum Gasteiger partial charge on any atom is 0.0995 e. The molecule has 2 aliphatic heterocycles. The molecule has 0 spiro atoms. The van der Waals surface area contributed by atoms with Crippen molar-refractivity contribution in [3.8, 4) is 6.07 Å². The van der Waals surface area contributed by atoms with Gasteiger partial charge in [-0.2, -0.15) is 5.26 Å². The number of benzene rings is 1.